The molecular formula is C86H166NO8P. The van der Waals surface area contributed by atoms with Crippen LogP contribution in [-0.4, -0.2) is 49.3 Å². The van der Waals surface area contributed by atoms with Gasteiger partial charge in [0.15, 0.2) is 6.10 Å². The van der Waals surface area contributed by atoms with E-state index in [4.69, 9.17) is 24.3 Å². The Balaban J connectivity index is 3.71. The van der Waals surface area contributed by atoms with Crippen molar-refractivity contribution in [2.75, 3.05) is 26.4 Å². The number of nitrogens with two attached hydrogens (primary N) is 1. The highest BCUT2D eigenvalue weighted by Crippen LogP contribution is 2.43. The largest absolute Gasteiger partial charge is 0.472 e. The van der Waals surface area contributed by atoms with Crippen molar-refractivity contribution in [3.05, 3.63) is 36.5 Å². The molecule has 0 saturated heterocycles. The van der Waals surface area contributed by atoms with E-state index in [9.17, 15) is 19.0 Å². The number of carbonyl (C=O) groups is 2. The van der Waals surface area contributed by atoms with Gasteiger partial charge in [-0.1, -0.05) is 442 Å². The number of rotatable bonds is 83. The maximum Gasteiger partial charge on any atom is 0.472 e. The van der Waals surface area contributed by atoms with Crippen LogP contribution in [0.25, 0.3) is 0 Å². The molecule has 3 N–H and O–H groups in total. The molecule has 96 heavy (non-hydrogen) atoms. The lowest BCUT2D eigenvalue weighted by atomic mass is 10.0. The molecule has 9 nitrogen and oxygen atoms in total. The quantitative estimate of drug-likeness (QED) is 0.0264. The topological polar surface area (TPSA) is 134 Å². The number of unbranched alkanes of at least 4 members (excludes halogenated alkanes) is 64. The molecule has 0 amide bonds. The maximum absolute atomic E-state index is 12.8. The van der Waals surface area contributed by atoms with Gasteiger partial charge in [-0.15, -0.1) is 0 Å². The predicted molar refractivity (Wildman–Crippen MR) is 418 cm³/mol. The Hall–Kier alpha value is -1.77. The fourth-order valence-electron chi connectivity index (χ4n) is 13.4. The average Bonchev–Trinajstić information content (AvgIpc) is 1.90. The standard InChI is InChI=1S/C86H166NO8P/c1-3-5-7-9-11-13-15-17-19-21-23-25-27-29-31-33-35-37-39-41-43-44-46-48-50-52-54-56-58-60-62-64-66-68-70-72-74-76-78-85(88)92-82-84(83-94-96(90,91)93-81-80-87)95-86(89)79-77-75-73-71-69-67-65-63-61-59-57-55-53-51-49-47-45-42-40-38-36-34-32-30-28-26-24-22-20-18-16-14-12-10-8-6-4-2/h16,18,22,24,28,30,84H,3-15,17,19-21,23,25-27,29,31-83,87H2,1-2H3,(H,90,91)/b18-16-,24-22-,30-28-. The molecule has 2 atom stereocenters. The van der Waals surface area contributed by atoms with Gasteiger partial charge >= 0.3 is 19.8 Å². The maximum atomic E-state index is 12.8. The van der Waals surface area contributed by atoms with E-state index in [0.29, 0.717) is 6.42 Å². The molecule has 0 aromatic carbocycles. The highest BCUT2D eigenvalue weighted by atomic mass is 31.2. The van der Waals surface area contributed by atoms with Crippen molar-refractivity contribution >= 4 is 19.8 Å². The van der Waals surface area contributed by atoms with Crippen LogP contribution in [0.3, 0.4) is 0 Å². The average molecular weight is 1370 g/mol. The normalized spacial score (nSPS) is 12.9. The summed E-state index contributed by atoms with van der Waals surface area (Å²) in [5.41, 5.74) is 5.42. The van der Waals surface area contributed by atoms with Gasteiger partial charge in [-0.3, -0.25) is 18.6 Å². The molecule has 0 saturated carbocycles. The van der Waals surface area contributed by atoms with E-state index < -0.39 is 26.5 Å². The molecule has 0 aromatic rings. The van der Waals surface area contributed by atoms with Gasteiger partial charge in [0.1, 0.15) is 6.61 Å². The van der Waals surface area contributed by atoms with E-state index in [2.05, 4.69) is 50.3 Å². The fraction of sp³-hybridized carbons (Fsp3) is 0.907. The highest BCUT2D eigenvalue weighted by Gasteiger charge is 2.26. The Morgan fingerprint density at radius 2 is 0.542 bits per heavy atom. The van der Waals surface area contributed by atoms with E-state index in [-0.39, 0.29) is 38.6 Å². The molecule has 10 heteroatoms. The first-order chi connectivity index (χ1) is 47.3. The van der Waals surface area contributed by atoms with Gasteiger partial charge < -0.3 is 20.1 Å². The van der Waals surface area contributed by atoms with Gasteiger partial charge in [-0.25, -0.2) is 4.57 Å². The first kappa shape index (κ1) is 94.2. The monoisotopic (exact) mass is 1370 g/mol. The summed E-state index contributed by atoms with van der Waals surface area (Å²) in [6, 6.07) is 0. The Bertz CT molecular complexity index is 1670. The second kappa shape index (κ2) is 82.2. The first-order valence-corrected chi connectivity index (χ1v) is 44.5. The van der Waals surface area contributed by atoms with Crippen LogP contribution >= 0.6 is 7.82 Å². The summed E-state index contributed by atoms with van der Waals surface area (Å²) in [5, 5.41) is 0. The lowest BCUT2D eigenvalue weighted by Crippen LogP contribution is -2.29. The summed E-state index contributed by atoms with van der Waals surface area (Å²) in [4.78, 5) is 35.5. The second-order valence-corrected chi connectivity index (χ2v) is 30.9. The van der Waals surface area contributed by atoms with Crippen molar-refractivity contribution in [2.45, 2.75) is 476 Å². The van der Waals surface area contributed by atoms with E-state index in [0.717, 1.165) is 44.9 Å². The van der Waals surface area contributed by atoms with Gasteiger partial charge in [0.05, 0.1) is 13.2 Å². The second-order valence-electron chi connectivity index (χ2n) is 29.4. The van der Waals surface area contributed by atoms with Crippen molar-refractivity contribution in [1.29, 1.82) is 0 Å². The number of allylic oxidation sites excluding steroid dienone is 6. The van der Waals surface area contributed by atoms with Crippen LogP contribution in [0.2, 0.25) is 0 Å². The number of hydrogen-bond acceptors (Lipinski definition) is 8. The number of ether oxygens (including phenoxy) is 2. The number of esters is 2. The van der Waals surface area contributed by atoms with Crippen LogP contribution in [0.5, 0.6) is 0 Å². The van der Waals surface area contributed by atoms with Crippen LogP contribution < -0.4 is 5.73 Å². The molecule has 0 aliphatic carbocycles. The number of phosphoric acid groups is 1. The molecule has 0 aliphatic rings. The smallest absolute Gasteiger partial charge is 0.462 e. The zero-order valence-electron chi connectivity index (χ0n) is 64.4. The highest BCUT2D eigenvalue weighted by molar-refractivity contribution is 7.47. The molecule has 0 fully saturated rings. The number of carbonyl (C=O) groups excluding carboxylic acids is 2. The van der Waals surface area contributed by atoms with Crippen molar-refractivity contribution in [2.24, 2.45) is 5.73 Å². The molecule has 0 radical (unpaired) electrons. The minimum absolute atomic E-state index is 0.0569. The summed E-state index contributed by atoms with van der Waals surface area (Å²) < 4.78 is 33.3. The molecule has 0 heterocycles. The molecule has 0 aromatic heterocycles. The van der Waals surface area contributed by atoms with Crippen LogP contribution in [-0.2, 0) is 32.7 Å². The van der Waals surface area contributed by atoms with Gasteiger partial charge in [0.2, 0.25) is 0 Å². The van der Waals surface area contributed by atoms with Gasteiger partial charge in [0.25, 0.3) is 0 Å². The Morgan fingerprint density at radius 3 is 0.802 bits per heavy atom. The minimum atomic E-state index is -4.39. The minimum Gasteiger partial charge on any atom is -0.462 e. The van der Waals surface area contributed by atoms with Crippen LogP contribution in [0.15, 0.2) is 36.5 Å². The summed E-state index contributed by atoms with van der Waals surface area (Å²) in [5.74, 6) is -0.798. The van der Waals surface area contributed by atoms with Crippen molar-refractivity contribution in [1.82, 2.24) is 0 Å². The molecule has 0 spiro atoms. The van der Waals surface area contributed by atoms with Crippen LogP contribution in [0.1, 0.15) is 470 Å². The predicted octanol–water partition coefficient (Wildman–Crippen LogP) is 28.9. The van der Waals surface area contributed by atoms with Crippen LogP contribution in [0.4, 0.5) is 0 Å². The summed E-state index contributed by atoms with van der Waals surface area (Å²) in [6.45, 7) is 3.83. The van der Waals surface area contributed by atoms with Crippen molar-refractivity contribution < 1.29 is 37.6 Å². The van der Waals surface area contributed by atoms with E-state index >= 15 is 0 Å². The molecular weight excluding hydrogens is 1210 g/mol. The molecule has 0 bridgehead atoms. The lowest BCUT2D eigenvalue weighted by molar-refractivity contribution is -0.161. The van der Waals surface area contributed by atoms with E-state index in [1.165, 1.54) is 392 Å². The summed E-state index contributed by atoms with van der Waals surface area (Å²) >= 11 is 0. The fourth-order valence-corrected chi connectivity index (χ4v) is 14.2. The van der Waals surface area contributed by atoms with Crippen molar-refractivity contribution in [3.63, 3.8) is 0 Å². The SMILES string of the molecule is CCCCCCC/C=C\C/C=C\C/C=C\CCCCCCCCCCCCCCCCCCCCCCCCC(=O)OC(COC(=O)CCCCCCCCCCCCCCCCCCCCCCCCCCCCCCCCCCCCCCCC)COP(=O)(O)OCCN. The molecule has 0 aliphatic heterocycles. The Labute approximate surface area is 598 Å². The summed E-state index contributed by atoms with van der Waals surface area (Å²) in [6.07, 6.45) is 106. The van der Waals surface area contributed by atoms with E-state index in [1.54, 1.807) is 0 Å². The van der Waals surface area contributed by atoms with E-state index in [1.807, 2.05) is 0 Å². The zero-order chi connectivity index (χ0) is 69.3. The Morgan fingerprint density at radius 1 is 0.312 bits per heavy atom. The van der Waals surface area contributed by atoms with Gasteiger partial charge in [-0.2, -0.15) is 0 Å². The first-order valence-electron chi connectivity index (χ1n) is 43.0. The summed E-state index contributed by atoms with van der Waals surface area (Å²) in [7, 11) is -4.39. The molecule has 2 unspecified atom stereocenters. The van der Waals surface area contributed by atoms with Crippen molar-refractivity contribution in [3.8, 4) is 0 Å². The van der Waals surface area contributed by atoms with Gasteiger partial charge in [0, 0.05) is 19.4 Å². The molecule has 568 valence electrons. The molecule has 0 rings (SSSR count). The third-order valence-corrected chi connectivity index (χ3v) is 20.8. The zero-order valence-corrected chi connectivity index (χ0v) is 65.3. The van der Waals surface area contributed by atoms with Gasteiger partial charge in [-0.05, 0) is 51.4 Å². The number of phosphoric ester groups is 1. The third kappa shape index (κ3) is 81.2. The third-order valence-electron chi connectivity index (χ3n) is 19.8. The van der Waals surface area contributed by atoms with Crippen LogP contribution in [0, 0.1) is 0 Å². The Kier molecular flexibility index (Phi) is 80.7. The lowest BCUT2D eigenvalue weighted by Gasteiger charge is -2.19. The number of hydrogen-bond donors (Lipinski definition) is 2.